The lowest BCUT2D eigenvalue weighted by atomic mass is 9.94. The van der Waals surface area contributed by atoms with Gasteiger partial charge >= 0.3 is 0 Å². The molecule has 1 aromatic rings. The highest BCUT2D eigenvalue weighted by atomic mass is 19.1. The van der Waals surface area contributed by atoms with E-state index >= 15 is 0 Å². The molecule has 0 amide bonds. The highest BCUT2D eigenvalue weighted by molar-refractivity contribution is 5.64. The van der Waals surface area contributed by atoms with Gasteiger partial charge in [-0.1, -0.05) is 26.0 Å². The maximum Gasteiger partial charge on any atom is 0.130 e. The summed E-state index contributed by atoms with van der Waals surface area (Å²) in [5, 5.41) is 0. The summed E-state index contributed by atoms with van der Waals surface area (Å²) in [7, 11) is 0. The van der Waals surface area contributed by atoms with Crippen LogP contribution in [0.3, 0.4) is 0 Å². The van der Waals surface area contributed by atoms with Gasteiger partial charge in [0, 0.05) is 6.07 Å². The van der Waals surface area contributed by atoms with Crippen LogP contribution in [0.15, 0.2) is 12.1 Å². The third-order valence-electron chi connectivity index (χ3n) is 2.60. The Morgan fingerprint density at radius 2 is 1.93 bits per heavy atom. The summed E-state index contributed by atoms with van der Waals surface area (Å²) in [6.45, 7) is 3.84. The molecule has 0 heterocycles. The van der Waals surface area contributed by atoms with Crippen molar-refractivity contribution >= 4 is 6.08 Å². The molecule has 0 aliphatic heterocycles. The van der Waals surface area contributed by atoms with E-state index in [0.717, 1.165) is 11.6 Å². The molecule has 0 radical (unpaired) electrons. The molecule has 0 bridgehead atoms. The van der Waals surface area contributed by atoms with Gasteiger partial charge in [-0.25, -0.2) is 8.78 Å². The molecule has 2 heteroatoms. The first-order valence-electron chi connectivity index (χ1n) is 4.78. The maximum atomic E-state index is 13.5. The Bertz CT molecular complexity index is 403. The second-order valence-corrected chi connectivity index (χ2v) is 3.91. The average molecular weight is 194 g/mol. The lowest BCUT2D eigenvalue weighted by Gasteiger charge is -2.13. The molecular weight excluding hydrogens is 182 g/mol. The molecule has 1 aliphatic rings. The Labute approximate surface area is 82.3 Å². The summed E-state index contributed by atoms with van der Waals surface area (Å²) < 4.78 is 26.8. The van der Waals surface area contributed by atoms with Crippen LogP contribution in [0.25, 0.3) is 6.08 Å². The molecule has 0 saturated heterocycles. The van der Waals surface area contributed by atoms with Crippen LogP contribution in [0.1, 0.15) is 36.5 Å². The minimum absolute atomic E-state index is 0.0899. The number of benzene rings is 1. The van der Waals surface area contributed by atoms with Crippen LogP contribution < -0.4 is 0 Å². The van der Waals surface area contributed by atoms with Crippen LogP contribution in [0.4, 0.5) is 8.78 Å². The van der Waals surface area contributed by atoms with Gasteiger partial charge in [-0.3, -0.25) is 0 Å². The minimum Gasteiger partial charge on any atom is -0.207 e. The molecule has 0 fully saturated rings. The van der Waals surface area contributed by atoms with Crippen molar-refractivity contribution in [2.45, 2.75) is 26.2 Å². The summed E-state index contributed by atoms with van der Waals surface area (Å²) in [6, 6.07) is 1.00. The van der Waals surface area contributed by atoms with Crippen LogP contribution in [0.2, 0.25) is 0 Å². The predicted molar refractivity (Wildman–Crippen MR) is 53.2 cm³/mol. The van der Waals surface area contributed by atoms with E-state index in [1.54, 1.807) is 0 Å². The quantitative estimate of drug-likeness (QED) is 0.640. The molecule has 74 valence electrons. The number of hydrogen-bond acceptors (Lipinski definition) is 0. The highest BCUT2D eigenvalue weighted by Crippen LogP contribution is 2.32. The SMILES string of the molecule is CC(C)c1c(F)cc(F)c2c1C=CC2. The van der Waals surface area contributed by atoms with E-state index in [0.29, 0.717) is 17.5 Å². The molecule has 0 N–H and O–H groups in total. The second-order valence-electron chi connectivity index (χ2n) is 3.91. The zero-order chi connectivity index (χ0) is 10.3. The molecule has 0 unspecified atom stereocenters. The Balaban J connectivity index is 2.71. The van der Waals surface area contributed by atoms with E-state index < -0.39 is 11.6 Å². The summed E-state index contributed by atoms with van der Waals surface area (Å²) >= 11 is 0. The van der Waals surface area contributed by atoms with Crippen molar-refractivity contribution in [3.8, 4) is 0 Å². The van der Waals surface area contributed by atoms with E-state index in [-0.39, 0.29) is 5.92 Å². The van der Waals surface area contributed by atoms with Crippen molar-refractivity contribution in [3.63, 3.8) is 0 Å². The topological polar surface area (TPSA) is 0 Å². The summed E-state index contributed by atoms with van der Waals surface area (Å²) in [5.41, 5.74) is 2.02. The molecule has 0 aromatic heterocycles. The minimum atomic E-state index is -0.428. The fourth-order valence-corrected chi connectivity index (χ4v) is 1.98. The van der Waals surface area contributed by atoms with Crippen LogP contribution in [-0.2, 0) is 6.42 Å². The Morgan fingerprint density at radius 1 is 1.21 bits per heavy atom. The monoisotopic (exact) mass is 194 g/mol. The standard InChI is InChI=1S/C12H12F2/c1-7(2)12-9-5-3-4-8(9)10(13)6-11(12)14/h3,5-7H,4H2,1-2H3. The van der Waals surface area contributed by atoms with Gasteiger partial charge in [0.1, 0.15) is 11.6 Å². The van der Waals surface area contributed by atoms with Crippen molar-refractivity contribution < 1.29 is 8.78 Å². The molecule has 0 atom stereocenters. The number of rotatable bonds is 1. The zero-order valence-electron chi connectivity index (χ0n) is 8.27. The van der Waals surface area contributed by atoms with E-state index in [1.807, 2.05) is 26.0 Å². The zero-order valence-corrected chi connectivity index (χ0v) is 8.27. The Morgan fingerprint density at radius 3 is 2.57 bits per heavy atom. The van der Waals surface area contributed by atoms with Crippen molar-refractivity contribution in [3.05, 3.63) is 40.5 Å². The molecule has 1 aliphatic carbocycles. The van der Waals surface area contributed by atoms with E-state index in [1.165, 1.54) is 0 Å². The molecule has 14 heavy (non-hydrogen) atoms. The van der Waals surface area contributed by atoms with Gasteiger partial charge in [-0.05, 0) is 29.0 Å². The van der Waals surface area contributed by atoms with Crippen molar-refractivity contribution in [1.82, 2.24) is 0 Å². The van der Waals surface area contributed by atoms with Gasteiger partial charge in [-0.2, -0.15) is 0 Å². The third-order valence-corrected chi connectivity index (χ3v) is 2.60. The first-order valence-corrected chi connectivity index (χ1v) is 4.78. The van der Waals surface area contributed by atoms with Crippen LogP contribution in [0, 0.1) is 11.6 Å². The highest BCUT2D eigenvalue weighted by Gasteiger charge is 2.20. The maximum absolute atomic E-state index is 13.5. The largest absolute Gasteiger partial charge is 0.207 e. The Hall–Kier alpha value is -1.18. The summed E-state index contributed by atoms with van der Waals surface area (Å²) in [6.07, 6.45) is 4.27. The first kappa shape index (κ1) is 9.38. The van der Waals surface area contributed by atoms with Gasteiger partial charge in [0.25, 0.3) is 0 Å². The fourth-order valence-electron chi connectivity index (χ4n) is 1.98. The average Bonchev–Trinajstić information content (AvgIpc) is 2.51. The molecule has 0 nitrogen and oxygen atoms in total. The normalized spacial score (nSPS) is 13.8. The van der Waals surface area contributed by atoms with Gasteiger partial charge in [0.05, 0.1) is 0 Å². The molecule has 2 rings (SSSR count). The second kappa shape index (κ2) is 3.19. The predicted octanol–water partition coefficient (Wildman–Crippen LogP) is 3.66. The summed E-state index contributed by atoms with van der Waals surface area (Å²) in [4.78, 5) is 0. The van der Waals surface area contributed by atoms with Gasteiger partial charge in [0.2, 0.25) is 0 Å². The number of allylic oxidation sites excluding steroid dienone is 1. The fraction of sp³-hybridized carbons (Fsp3) is 0.333. The van der Waals surface area contributed by atoms with Gasteiger partial charge in [0.15, 0.2) is 0 Å². The first-order chi connectivity index (χ1) is 6.61. The third kappa shape index (κ3) is 1.26. The number of fused-ring (bicyclic) bond motifs is 1. The lowest BCUT2D eigenvalue weighted by molar-refractivity contribution is 0.558. The van der Waals surface area contributed by atoms with Crippen molar-refractivity contribution in [1.29, 1.82) is 0 Å². The van der Waals surface area contributed by atoms with Crippen molar-refractivity contribution in [2.75, 3.05) is 0 Å². The van der Waals surface area contributed by atoms with Crippen LogP contribution in [-0.4, -0.2) is 0 Å². The number of hydrogen-bond donors (Lipinski definition) is 0. The van der Waals surface area contributed by atoms with Crippen LogP contribution in [0.5, 0.6) is 0 Å². The van der Waals surface area contributed by atoms with E-state index in [2.05, 4.69) is 0 Å². The van der Waals surface area contributed by atoms with Gasteiger partial charge in [-0.15, -0.1) is 0 Å². The van der Waals surface area contributed by atoms with Crippen molar-refractivity contribution in [2.24, 2.45) is 0 Å². The van der Waals surface area contributed by atoms with Crippen LogP contribution >= 0.6 is 0 Å². The van der Waals surface area contributed by atoms with Gasteiger partial charge < -0.3 is 0 Å². The number of halogens is 2. The van der Waals surface area contributed by atoms with E-state index in [4.69, 9.17) is 0 Å². The van der Waals surface area contributed by atoms with E-state index in [9.17, 15) is 8.78 Å². The smallest absolute Gasteiger partial charge is 0.130 e. The molecule has 0 spiro atoms. The lowest BCUT2D eigenvalue weighted by Crippen LogP contribution is -2.01. The molecule has 1 aromatic carbocycles. The Kier molecular flexibility index (Phi) is 2.14. The molecular formula is C12H12F2. The molecule has 0 saturated carbocycles. The summed E-state index contributed by atoms with van der Waals surface area (Å²) in [5.74, 6) is -0.762.